The third-order valence-corrected chi connectivity index (χ3v) is 4.39. The Kier molecular flexibility index (Phi) is 3.50. The van der Waals surface area contributed by atoms with Crippen molar-refractivity contribution >= 4 is 27.7 Å². The minimum absolute atomic E-state index is 0.0375. The highest BCUT2D eigenvalue weighted by Gasteiger charge is 2.34. The van der Waals surface area contributed by atoms with E-state index in [0.29, 0.717) is 31.0 Å². The molecule has 1 aromatic heterocycles. The van der Waals surface area contributed by atoms with Gasteiger partial charge in [0.2, 0.25) is 5.91 Å². The van der Waals surface area contributed by atoms with Crippen LogP contribution in [0.15, 0.2) is 16.7 Å². The number of nitrogens with zero attached hydrogens (tertiary/aromatic N) is 2. The molecule has 106 valence electrons. The molecule has 0 spiro atoms. The van der Waals surface area contributed by atoms with Gasteiger partial charge in [0.15, 0.2) is 0 Å². The Morgan fingerprint density at radius 3 is 2.70 bits per heavy atom. The van der Waals surface area contributed by atoms with Gasteiger partial charge in [-0.05, 0) is 41.3 Å². The zero-order valence-electron chi connectivity index (χ0n) is 11.0. The molecule has 2 fully saturated rings. The minimum atomic E-state index is -0.324. The number of halogens is 1. The highest BCUT2D eigenvalue weighted by Crippen LogP contribution is 2.41. The maximum atomic E-state index is 12.6. The van der Waals surface area contributed by atoms with E-state index < -0.39 is 0 Å². The van der Waals surface area contributed by atoms with Gasteiger partial charge in [-0.25, -0.2) is 0 Å². The molecule has 1 aromatic rings. The van der Waals surface area contributed by atoms with Gasteiger partial charge in [-0.2, -0.15) is 0 Å². The Hall–Kier alpha value is -1.43. The van der Waals surface area contributed by atoms with E-state index in [-0.39, 0.29) is 17.7 Å². The standard InChI is InChI=1S/C14H16BrN3O2/c15-10-5-11(12(17-6-10)8-1-2-8)14(20)18-4-3-9(7-18)13(16)19/h5-6,8-9H,1-4,7H2,(H2,16,19). The van der Waals surface area contributed by atoms with E-state index in [1.807, 2.05) is 6.07 Å². The first-order chi connectivity index (χ1) is 9.56. The fraction of sp³-hybridized carbons (Fsp3) is 0.500. The number of hydrogen-bond acceptors (Lipinski definition) is 3. The average molecular weight is 338 g/mol. The van der Waals surface area contributed by atoms with Crippen molar-refractivity contribution in [2.24, 2.45) is 11.7 Å². The molecule has 0 aromatic carbocycles. The fourth-order valence-corrected chi connectivity index (χ4v) is 2.98. The summed E-state index contributed by atoms with van der Waals surface area (Å²) in [4.78, 5) is 30.0. The average Bonchev–Trinajstić information content (AvgIpc) is 3.13. The zero-order valence-corrected chi connectivity index (χ0v) is 12.6. The second-order valence-electron chi connectivity index (χ2n) is 5.50. The summed E-state index contributed by atoms with van der Waals surface area (Å²) in [5, 5.41) is 0. The molecule has 3 rings (SSSR count). The number of hydrogen-bond donors (Lipinski definition) is 1. The molecule has 0 radical (unpaired) electrons. The van der Waals surface area contributed by atoms with Crippen LogP contribution in [0.4, 0.5) is 0 Å². The third kappa shape index (κ3) is 2.57. The molecule has 5 nitrogen and oxygen atoms in total. The van der Waals surface area contributed by atoms with E-state index >= 15 is 0 Å². The van der Waals surface area contributed by atoms with Gasteiger partial charge in [0.1, 0.15) is 0 Å². The number of likely N-dealkylation sites (tertiary alicyclic amines) is 1. The maximum absolute atomic E-state index is 12.6. The molecule has 1 unspecified atom stereocenters. The summed E-state index contributed by atoms with van der Waals surface area (Å²) in [6.07, 6.45) is 4.58. The molecule has 6 heteroatoms. The summed E-state index contributed by atoms with van der Waals surface area (Å²) in [5.41, 5.74) is 6.86. The second-order valence-corrected chi connectivity index (χ2v) is 6.42. The Morgan fingerprint density at radius 1 is 1.35 bits per heavy atom. The van der Waals surface area contributed by atoms with Crippen LogP contribution < -0.4 is 5.73 Å². The van der Waals surface area contributed by atoms with Crippen LogP contribution in [0.2, 0.25) is 0 Å². The quantitative estimate of drug-likeness (QED) is 0.911. The van der Waals surface area contributed by atoms with Crippen molar-refractivity contribution in [3.63, 3.8) is 0 Å². The van der Waals surface area contributed by atoms with Crippen LogP contribution in [0.25, 0.3) is 0 Å². The zero-order chi connectivity index (χ0) is 14.3. The molecular formula is C14H16BrN3O2. The minimum Gasteiger partial charge on any atom is -0.369 e. The number of carbonyl (C=O) groups is 2. The smallest absolute Gasteiger partial charge is 0.255 e. The molecule has 2 heterocycles. The van der Waals surface area contributed by atoms with Gasteiger partial charge in [0, 0.05) is 29.7 Å². The van der Waals surface area contributed by atoms with Crippen molar-refractivity contribution in [3.05, 3.63) is 28.0 Å². The topological polar surface area (TPSA) is 76.3 Å². The van der Waals surface area contributed by atoms with Gasteiger partial charge in [-0.15, -0.1) is 0 Å². The van der Waals surface area contributed by atoms with E-state index in [1.165, 1.54) is 0 Å². The molecule has 2 N–H and O–H groups in total. The molecule has 2 aliphatic rings. The number of amides is 2. The van der Waals surface area contributed by atoms with E-state index in [0.717, 1.165) is 23.0 Å². The van der Waals surface area contributed by atoms with Crippen LogP contribution in [-0.2, 0) is 4.79 Å². The summed E-state index contributed by atoms with van der Waals surface area (Å²) in [7, 11) is 0. The van der Waals surface area contributed by atoms with Crippen LogP contribution in [0.5, 0.6) is 0 Å². The van der Waals surface area contributed by atoms with Crippen molar-refractivity contribution in [2.45, 2.75) is 25.2 Å². The highest BCUT2D eigenvalue weighted by atomic mass is 79.9. The first kappa shape index (κ1) is 13.5. The lowest BCUT2D eigenvalue weighted by Gasteiger charge is -2.18. The summed E-state index contributed by atoms with van der Waals surface area (Å²) < 4.78 is 0.802. The molecule has 2 amide bonds. The van der Waals surface area contributed by atoms with E-state index in [4.69, 9.17) is 5.73 Å². The highest BCUT2D eigenvalue weighted by molar-refractivity contribution is 9.10. The van der Waals surface area contributed by atoms with Crippen LogP contribution in [0.1, 0.15) is 41.2 Å². The largest absolute Gasteiger partial charge is 0.369 e. The predicted octanol–water partition coefficient (Wildman–Crippen LogP) is 1.67. The van der Waals surface area contributed by atoms with Crippen LogP contribution in [-0.4, -0.2) is 34.8 Å². The molecule has 1 saturated heterocycles. The number of aromatic nitrogens is 1. The summed E-state index contributed by atoms with van der Waals surface area (Å²) in [6.45, 7) is 1.01. The lowest BCUT2D eigenvalue weighted by molar-refractivity contribution is -0.121. The number of nitrogens with two attached hydrogens (primary N) is 1. The lowest BCUT2D eigenvalue weighted by atomic mass is 10.1. The normalized spacial score (nSPS) is 22.1. The molecule has 1 aliphatic heterocycles. The molecule has 0 bridgehead atoms. The van der Waals surface area contributed by atoms with Gasteiger partial charge in [0.05, 0.1) is 17.2 Å². The van der Waals surface area contributed by atoms with Gasteiger partial charge < -0.3 is 10.6 Å². The molecule has 1 atom stereocenters. The molecule has 20 heavy (non-hydrogen) atoms. The summed E-state index contributed by atoms with van der Waals surface area (Å²) in [6, 6.07) is 1.83. The van der Waals surface area contributed by atoms with Crippen LogP contribution in [0, 0.1) is 5.92 Å². The van der Waals surface area contributed by atoms with Crippen molar-refractivity contribution in [2.75, 3.05) is 13.1 Å². The maximum Gasteiger partial charge on any atom is 0.255 e. The van der Waals surface area contributed by atoms with Gasteiger partial charge >= 0.3 is 0 Å². The Balaban J connectivity index is 1.84. The number of carbonyl (C=O) groups excluding carboxylic acids is 2. The Bertz CT molecular complexity index is 572. The predicted molar refractivity (Wildman–Crippen MR) is 77.1 cm³/mol. The van der Waals surface area contributed by atoms with Crippen molar-refractivity contribution in [1.82, 2.24) is 9.88 Å². The van der Waals surface area contributed by atoms with E-state index in [2.05, 4.69) is 20.9 Å². The number of pyridine rings is 1. The molecular weight excluding hydrogens is 322 g/mol. The third-order valence-electron chi connectivity index (χ3n) is 3.96. The van der Waals surface area contributed by atoms with Crippen LogP contribution >= 0.6 is 15.9 Å². The first-order valence-electron chi connectivity index (χ1n) is 6.80. The van der Waals surface area contributed by atoms with Gasteiger partial charge in [0.25, 0.3) is 5.91 Å². The summed E-state index contributed by atoms with van der Waals surface area (Å²) >= 11 is 3.37. The monoisotopic (exact) mass is 337 g/mol. The Labute approximate surface area is 125 Å². The molecule has 1 aliphatic carbocycles. The van der Waals surface area contributed by atoms with Crippen molar-refractivity contribution in [3.8, 4) is 0 Å². The number of rotatable bonds is 3. The van der Waals surface area contributed by atoms with Gasteiger partial charge in [-0.1, -0.05) is 0 Å². The van der Waals surface area contributed by atoms with E-state index in [9.17, 15) is 9.59 Å². The van der Waals surface area contributed by atoms with Crippen molar-refractivity contribution in [1.29, 1.82) is 0 Å². The Morgan fingerprint density at radius 2 is 2.10 bits per heavy atom. The summed E-state index contributed by atoms with van der Waals surface area (Å²) in [5.74, 6) is -0.167. The first-order valence-corrected chi connectivity index (χ1v) is 7.59. The van der Waals surface area contributed by atoms with Crippen LogP contribution in [0.3, 0.4) is 0 Å². The lowest BCUT2D eigenvalue weighted by Crippen LogP contribution is -2.32. The van der Waals surface area contributed by atoms with E-state index in [1.54, 1.807) is 11.1 Å². The SMILES string of the molecule is NC(=O)C1CCN(C(=O)c2cc(Br)cnc2C2CC2)C1. The fourth-order valence-electron chi connectivity index (χ4n) is 2.65. The number of primary amides is 1. The van der Waals surface area contributed by atoms with Crippen molar-refractivity contribution < 1.29 is 9.59 Å². The second kappa shape index (κ2) is 5.16. The molecule has 1 saturated carbocycles. The van der Waals surface area contributed by atoms with Gasteiger partial charge in [-0.3, -0.25) is 14.6 Å².